The van der Waals surface area contributed by atoms with Gasteiger partial charge in [0.15, 0.2) is 0 Å². The molecule has 0 fully saturated rings. The van der Waals surface area contributed by atoms with Crippen LogP contribution in [0.5, 0.6) is 5.75 Å². The third-order valence-corrected chi connectivity index (χ3v) is 3.17. The van der Waals surface area contributed by atoms with E-state index >= 15 is 0 Å². The van der Waals surface area contributed by atoms with E-state index in [0.717, 1.165) is 6.07 Å². The monoisotopic (exact) mass is 296 g/mol. The summed E-state index contributed by atoms with van der Waals surface area (Å²) in [6, 6.07) is 11.3. The fourth-order valence-corrected chi connectivity index (χ4v) is 2.19. The molecule has 112 valence electrons. The molecule has 0 saturated carbocycles. The molecule has 0 aromatic heterocycles. The van der Waals surface area contributed by atoms with Gasteiger partial charge in [0.25, 0.3) is 0 Å². The van der Waals surface area contributed by atoms with Crippen molar-refractivity contribution in [2.24, 2.45) is 5.84 Å². The fourth-order valence-electron chi connectivity index (χ4n) is 2.19. The van der Waals surface area contributed by atoms with Gasteiger partial charge in [-0.05, 0) is 29.3 Å². The zero-order valence-corrected chi connectivity index (χ0v) is 11.3. The van der Waals surface area contributed by atoms with Gasteiger partial charge >= 0.3 is 6.18 Å². The van der Waals surface area contributed by atoms with Crippen LogP contribution in [0.4, 0.5) is 13.2 Å². The van der Waals surface area contributed by atoms with Crippen molar-refractivity contribution in [2.45, 2.75) is 12.2 Å². The molecule has 0 aliphatic carbocycles. The van der Waals surface area contributed by atoms with Gasteiger partial charge in [-0.3, -0.25) is 5.84 Å². The maximum atomic E-state index is 13.1. The minimum Gasteiger partial charge on any atom is -0.497 e. The first-order valence-corrected chi connectivity index (χ1v) is 6.23. The van der Waals surface area contributed by atoms with Crippen LogP contribution >= 0.6 is 0 Å². The Morgan fingerprint density at radius 3 is 2.43 bits per heavy atom. The van der Waals surface area contributed by atoms with Gasteiger partial charge in [0.05, 0.1) is 18.7 Å². The molecule has 2 aromatic rings. The van der Waals surface area contributed by atoms with Gasteiger partial charge in [-0.2, -0.15) is 13.2 Å². The largest absolute Gasteiger partial charge is 0.497 e. The van der Waals surface area contributed by atoms with E-state index in [1.165, 1.54) is 19.2 Å². The molecule has 0 amide bonds. The van der Waals surface area contributed by atoms with E-state index in [-0.39, 0.29) is 5.56 Å². The highest BCUT2D eigenvalue weighted by atomic mass is 19.4. The average molecular weight is 296 g/mol. The maximum Gasteiger partial charge on any atom is 0.416 e. The highest BCUT2D eigenvalue weighted by Crippen LogP contribution is 2.36. The molecule has 0 aliphatic rings. The first kappa shape index (κ1) is 15.3. The summed E-state index contributed by atoms with van der Waals surface area (Å²) in [5.41, 5.74) is 2.39. The molecule has 0 saturated heterocycles. The van der Waals surface area contributed by atoms with Crippen LogP contribution in [0.1, 0.15) is 22.7 Å². The van der Waals surface area contributed by atoms with Crippen molar-refractivity contribution in [1.29, 1.82) is 0 Å². The highest BCUT2D eigenvalue weighted by molar-refractivity contribution is 5.41. The van der Waals surface area contributed by atoms with Crippen molar-refractivity contribution in [3.05, 3.63) is 65.2 Å². The van der Waals surface area contributed by atoms with Crippen LogP contribution in [0.15, 0.2) is 48.5 Å². The highest BCUT2D eigenvalue weighted by Gasteiger charge is 2.35. The molecule has 0 radical (unpaired) electrons. The molecule has 0 bridgehead atoms. The summed E-state index contributed by atoms with van der Waals surface area (Å²) in [7, 11) is 1.49. The van der Waals surface area contributed by atoms with Gasteiger partial charge < -0.3 is 4.74 Å². The van der Waals surface area contributed by atoms with E-state index in [0.29, 0.717) is 11.3 Å². The Morgan fingerprint density at radius 2 is 1.81 bits per heavy atom. The minimum atomic E-state index is -4.44. The summed E-state index contributed by atoms with van der Waals surface area (Å²) >= 11 is 0. The van der Waals surface area contributed by atoms with Gasteiger partial charge in [-0.25, -0.2) is 5.43 Å². The molecule has 1 unspecified atom stereocenters. The second kappa shape index (κ2) is 6.15. The molecule has 3 N–H and O–H groups in total. The lowest BCUT2D eigenvalue weighted by atomic mass is 9.94. The Kier molecular flexibility index (Phi) is 4.50. The van der Waals surface area contributed by atoms with Crippen LogP contribution in [0.3, 0.4) is 0 Å². The fraction of sp³-hybridized carbons (Fsp3) is 0.200. The SMILES string of the molecule is COc1cccc(C(NN)c2ccccc2C(F)(F)F)c1. The average Bonchev–Trinajstić information content (AvgIpc) is 2.48. The Labute approximate surface area is 120 Å². The van der Waals surface area contributed by atoms with Crippen LogP contribution in [0.2, 0.25) is 0 Å². The lowest BCUT2D eigenvalue weighted by Crippen LogP contribution is -2.30. The molecule has 2 aromatic carbocycles. The Morgan fingerprint density at radius 1 is 1.10 bits per heavy atom. The molecule has 0 spiro atoms. The van der Waals surface area contributed by atoms with E-state index in [1.807, 2.05) is 0 Å². The van der Waals surface area contributed by atoms with Gasteiger partial charge in [0.2, 0.25) is 0 Å². The Hall–Kier alpha value is -2.05. The number of hydrogen-bond acceptors (Lipinski definition) is 3. The third kappa shape index (κ3) is 3.34. The summed E-state index contributed by atoms with van der Waals surface area (Å²) in [6.07, 6.45) is -4.44. The number of methoxy groups -OCH3 is 1. The second-order valence-corrected chi connectivity index (χ2v) is 4.46. The summed E-state index contributed by atoms with van der Waals surface area (Å²) in [6.45, 7) is 0. The second-order valence-electron chi connectivity index (χ2n) is 4.46. The number of halogens is 3. The minimum absolute atomic E-state index is 0.0701. The van der Waals surface area contributed by atoms with E-state index in [1.54, 1.807) is 30.3 Å². The smallest absolute Gasteiger partial charge is 0.416 e. The summed E-state index contributed by atoms with van der Waals surface area (Å²) in [5.74, 6) is 6.04. The molecule has 0 aliphatic heterocycles. The third-order valence-electron chi connectivity index (χ3n) is 3.17. The van der Waals surface area contributed by atoms with Crippen molar-refractivity contribution in [1.82, 2.24) is 5.43 Å². The van der Waals surface area contributed by atoms with Gasteiger partial charge in [0.1, 0.15) is 5.75 Å². The van der Waals surface area contributed by atoms with Gasteiger partial charge in [0, 0.05) is 0 Å². The van der Waals surface area contributed by atoms with Crippen molar-refractivity contribution >= 4 is 0 Å². The molecule has 3 nitrogen and oxygen atoms in total. The van der Waals surface area contributed by atoms with Crippen LogP contribution in [0, 0.1) is 0 Å². The van der Waals surface area contributed by atoms with Crippen molar-refractivity contribution in [3.63, 3.8) is 0 Å². The van der Waals surface area contributed by atoms with Gasteiger partial charge in [-0.1, -0.05) is 30.3 Å². The molecule has 6 heteroatoms. The predicted octanol–water partition coefficient (Wildman–Crippen LogP) is 3.27. The number of hydrazine groups is 1. The molecule has 21 heavy (non-hydrogen) atoms. The van der Waals surface area contributed by atoms with Gasteiger partial charge in [-0.15, -0.1) is 0 Å². The molecule has 2 rings (SSSR count). The molecule has 1 atom stereocenters. The molecule has 0 heterocycles. The van der Waals surface area contributed by atoms with Crippen molar-refractivity contribution in [2.75, 3.05) is 7.11 Å². The Bertz CT molecular complexity index is 614. The van der Waals surface area contributed by atoms with E-state index in [2.05, 4.69) is 5.43 Å². The van der Waals surface area contributed by atoms with E-state index in [4.69, 9.17) is 10.6 Å². The topological polar surface area (TPSA) is 47.3 Å². The maximum absolute atomic E-state index is 13.1. The van der Waals surface area contributed by atoms with Crippen LogP contribution in [-0.2, 0) is 6.18 Å². The van der Waals surface area contributed by atoms with Crippen molar-refractivity contribution in [3.8, 4) is 5.75 Å². The predicted molar refractivity (Wildman–Crippen MR) is 73.6 cm³/mol. The number of hydrogen-bond donors (Lipinski definition) is 2. The lowest BCUT2D eigenvalue weighted by Gasteiger charge is -2.21. The van der Waals surface area contributed by atoms with Crippen LogP contribution in [-0.4, -0.2) is 7.11 Å². The molecular weight excluding hydrogens is 281 g/mol. The summed E-state index contributed by atoms with van der Waals surface area (Å²) in [5, 5.41) is 0. The zero-order valence-electron chi connectivity index (χ0n) is 11.3. The zero-order chi connectivity index (χ0) is 15.5. The first-order valence-electron chi connectivity index (χ1n) is 6.23. The number of rotatable bonds is 4. The number of ether oxygens (including phenoxy) is 1. The first-order chi connectivity index (χ1) is 9.97. The van der Waals surface area contributed by atoms with Crippen LogP contribution in [0.25, 0.3) is 0 Å². The number of nitrogens with two attached hydrogens (primary N) is 1. The number of benzene rings is 2. The van der Waals surface area contributed by atoms with Crippen molar-refractivity contribution < 1.29 is 17.9 Å². The molecular formula is C15H15F3N2O. The van der Waals surface area contributed by atoms with E-state index < -0.39 is 17.8 Å². The number of alkyl halides is 3. The van der Waals surface area contributed by atoms with Crippen LogP contribution < -0.4 is 16.0 Å². The Balaban J connectivity index is 2.51. The normalized spacial score (nSPS) is 13.0. The van der Waals surface area contributed by atoms with E-state index in [9.17, 15) is 13.2 Å². The number of nitrogens with one attached hydrogen (secondary N) is 1. The standard InChI is InChI=1S/C15H15F3N2O/c1-21-11-6-4-5-10(9-11)14(20-19)12-7-2-3-8-13(12)15(16,17)18/h2-9,14,20H,19H2,1H3. The lowest BCUT2D eigenvalue weighted by molar-refractivity contribution is -0.138. The summed E-state index contributed by atoms with van der Waals surface area (Å²) < 4.78 is 44.4. The summed E-state index contributed by atoms with van der Waals surface area (Å²) in [4.78, 5) is 0. The quantitative estimate of drug-likeness (QED) is 0.672.